The Kier molecular flexibility index (Phi) is 5.88. The van der Waals surface area contributed by atoms with Gasteiger partial charge < -0.3 is 10.0 Å². The fraction of sp³-hybridized carbons (Fsp3) is 0.500. The van der Waals surface area contributed by atoms with Gasteiger partial charge in [0.2, 0.25) is 5.91 Å². The Morgan fingerprint density at radius 2 is 1.85 bits per heavy atom. The first-order valence-electron chi connectivity index (χ1n) is 9.42. The van der Waals surface area contributed by atoms with E-state index in [0.29, 0.717) is 11.8 Å². The van der Waals surface area contributed by atoms with Crippen LogP contribution in [0.4, 0.5) is 0 Å². The van der Waals surface area contributed by atoms with E-state index in [-0.39, 0.29) is 18.1 Å². The predicted molar refractivity (Wildman–Crippen MR) is 101 cm³/mol. The minimum Gasteiger partial charge on any atom is -0.476 e. The van der Waals surface area contributed by atoms with Gasteiger partial charge in [0.05, 0.1) is 6.20 Å². The highest BCUT2D eigenvalue weighted by atomic mass is 16.4. The number of hydrogen-bond donors (Lipinski definition) is 1. The molecule has 0 atom stereocenters. The van der Waals surface area contributed by atoms with E-state index in [1.807, 2.05) is 4.90 Å². The molecule has 144 valence electrons. The summed E-state index contributed by atoms with van der Waals surface area (Å²) in [5.41, 5.74) is 2.57. The highest BCUT2D eigenvalue weighted by Gasteiger charge is 2.23. The molecular formula is C20H26N4O3. The van der Waals surface area contributed by atoms with Gasteiger partial charge in [-0.25, -0.2) is 9.48 Å². The number of aromatic carboxylic acids is 1. The number of hydrogen-bond acceptors (Lipinski definition) is 4. The third kappa shape index (κ3) is 4.93. The maximum Gasteiger partial charge on any atom is 0.358 e. The van der Waals surface area contributed by atoms with Gasteiger partial charge in [0.25, 0.3) is 0 Å². The van der Waals surface area contributed by atoms with Crippen LogP contribution in [-0.2, 0) is 17.8 Å². The second kappa shape index (κ2) is 8.33. The molecule has 1 N–H and O–H groups in total. The lowest BCUT2D eigenvalue weighted by atomic mass is 9.89. The number of carboxylic acids is 1. The fourth-order valence-corrected chi connectivity index (χ4v) is 3.47. The van der Waals surface area contributed by atoms with Crippen LogP contribution in [-0.4, -0.2) is 50.0 Å². The lowest BCUT2D eigenvalue weighted by molar-refractivity contribution is -0.133. The van der Waals surface area contributed by atoms with Gasteiger partial charge in [0, 0.05) is 13.1 Å². The average Bonchev–Trinajstić information content (AvgIpc) is 3.11. The van der Waals surface area contributed by atoms with Crippen molar-refractivity contribution in [3.8, 4) is 0 Å². The van der Waals surface area contributed by atoms with Crippen molar-refractivity contribution in [3.05, 3.63) is 47.3 Å². The Hall–Kier alpha value is -2.70. The molecule has 0 saturated carbocycles. The van der Waals surface area contributed by atoms with Crippen LogP contribution in [0.1, 0.15) is 54.2 Å². The molecule has 1 fully saturated rings. The van der Waals surface area contributed by atoms with Gasteiger partial charge in [-0.3, -0.25) is 4.79 Å². The van der Waals surface area contributed by atoms with Gasteiger partial charge >= 0.3 is 5.97 Å². The normalized spacial score (nSPS) is 15.3. The van der Waals surface area contributed by atoms with E-state index < -0.39 is 5.97 Å². The van der Waals surface area contributed by atoms with Gasteiger partial charge in [-0.05, 0) is 42.2 Å². The molecule has 0 bridgehead atoms. The van der Waals surface area contributed by atoms with Crippen LogP contribution in [0.25, 0.3) is 0 Å². The minimum atomic E-state index is -1.14. The summed E-state index contributed by atoms with van der Waals surface area (Å²) in [5.74, 6) is -0.0543. The molecule has 27 heavy (non-hydrogen) atoms. The highest BCUT2D eigenvalue weighted by molar-refractivity contribution is 5.84. The summed E-state index contributed by atoms with van der Waals surface area (Å²) in [4.78, 5) is 25.1. The number of benzene rings is 1. The van der Waals surface area contributed by atoms with Crippen LogP contribution < -0.4 is 0 Å². The van der Waals surface area contributed by atoms with Gasteiger partial charge in [0.15, 0.2) is 5.69 Å². The Balaban J connectivity index is 1.47. The van der Waals surface area contributed by atoms with Gasteiger partial charge in [-0.15, -0.1) is 5.10 Å². The van der Waals surface area contributed by atoms with Crippen LogP contribution in [0, 0.1) is 5.92 Å². The van der Waals surface area contributed by atoms with E-state index in [0.717, 1.165) is 32.4 Å². The van der Waals surface area contributed by atoms with Crippen molar-refractivity contribution in [3.63, 3.8) is 0 Å². The molecule has 7 heteroatoms. The summed E-state index contributed by atoms with van der Waals surface area (Å²) in [6, 6.07) is 8.86. The predicted octanol–water partition coefficient (Wildman–Crippen LogP) is 2.58. The number of piperidine rings is 1. The van der Waals surface area contributed by atoms with Gasteiger partial charge in [-0.1, -0.05) is 43.3 Å². The number of rotatable bonds is 6. The molecule has 7 nitrogen and oxygen atoms in total. The van der Waals surface area contributed by atoms with Crippen LogP contribution >= 0.6 is 0 Å². The van der Waals surface area contributed by atoms with Crippen molar-refractivity contribution in [2.45, 2.75) is 45.6 Å². The molecule has 2 heterocycles. The fourth-order valence-electron chi connectivity index (χ4n) is 3.47. The number of carbonyl (C=O) groups excluding carboxylic acids is 1. The van der Waals surface area contributed by atoms with E-state index in [1.54, 1.807) is 0 Å². The van der Waals surface area contributed by atoms with E-state index >= 15 is 0 Å². The first kappa shape index (κ1) is 19.1. The average molecular weight is 370 g/mol. The van der Waals surface area contributed by atoms with E-state index in [2.05, 4.69) is 48.4 Å². The maximum atomic E-state index is 12.4. The Morgan fingerprint density at radius 1 is 1.19 bits per heavy atom. The number of likely N-dealkylation sites (tertiary alicyclic amines) is 1. The van der Waals surface area contributed by atoms with Crippen LogP contribution in [0.5, 0.6) is 0 Å². The van der Waals surface area contributed by atoms with Crippen molar-refractivity contribution >= 4 is 11.9 Å². The van der Waals surface area contributed by atoms with Crippen molar-refractivity contribution in [2.24, 2.45) is 5.92 Å². The molecule has 1 aliphatic heterocycles. The molecule has 0 radical (unpaired) electrons. The van der Waals surface area contributed by atoms with Crippen LogP contribution in [0.3, 0.4) is 0 Å². The summed E-state index contributed by atoms with van der Waals surface area (Å²) in [5, 5.41) is 16.1. The molecule has 2 aromatic rings. The zero-order chi connectivity index (χ0) is 19.4. The summed E-state index contributed by atoms with van der Waals surface area (Å²) >= 11 is 0. The Morgan fingerprint density at radius 3 is 2.41 bits per heavy atom. The number of amides is 1. The molecular weight excluding hydrogens is 344 g/mol. The first-order chi connectivity index (χ1) is 12.9. The van der Waals surface area contributed by atoms with Crippen LogP contribution in [0.15, 0.2) is 30.5 Å². The third-order valence-electron chi connectivity index (χ3n) is 5.19. The SMILES string of the molecule is CC(C)c1ccc(CC2CCN(C(=O)Cn3cc(C(=O)O)nn3)CC2)cc1. The monoisotopic (exact) mass is 370 g/mol. The highest BCUT2D eigenvalue weighted by Crippen LogP contribution is 2.23. The standard InChI is InChI=1S/C20H26N4O3/c1-14(2)17-5-3-15(4-6-17)11-16-7-9-23(10-8-16)19(25)13-24-12-18(20(26)27)21-22-24/h3-6,12,14,16H,7-11,13H2,1-2H3,(H,26,27). The summed E-state index contributed by atoms with van der Waals surface area (Å²) in [6.45, 7) is 5.89. The molecule has 1 saturated heterocycles. The zero-order valence-corrected chi connectivity index (χ0v) is 15.8. The molecule has 0 spiro atoms. The van der Waals surface area contributed by atoms with Crippen molar-refractivity contribution < 1.29 is 14.7 Å². The molecule has 1 amide bonds. The number of carboxylic acid groups (broad SMARTS) is 1. The molecule has 0 aliphatic carbocycles. The minimum absolute atomic E-state index is 0.0294. The van der Waals surface area contributed by atoms with Gasteiger partial charge in [-0.2, -0.15) is 0 Å². The maximum absolute atomic E-state index is 12.4. The van der Waals surface area contributed by atoms with Crippen molar-refractivity contribution in [1.82, 2.24) is 19.9 Å². The number of nitrogens with zero attached hydrogens (tertiary/aromatic N) is 4. The van der Waals surface area contributed by atoms with Crippen molar-refractivity contribution in [1.29, 1.82) is 0 Å². The third-order valence-corrected chi connectivity index (χ3v) is 5.19. The smallest absolute Gasteiger partial charge is 0.358 e. The van der Waals surface area contributed by atoms with Crippen LogP contribution in [0.2, 0.25) is 0 Å². The van der Waals surface area contributed by atoms with E-state index in [4.69, 9.17) is 5.11 Å². The quantitative estimate of drug-likeness (QED) is 0.844. The molecule has 1 aromatic carbocycles. The molecule has 1 aliphatic rings. The number of aromatic nitrogens is 3. The first-order valence-corrected chi connectivity index (χ1v) is 9.42. The topological polar surface area (TPSA) is 88.3 Å². The van der Waals surface area contributed by atoms with E-state index in [9.17, 15) is 9.59 Å². The van der Waals surface area contributed by atoms with Crippen molar-refractivity contribution in [2.75, 3.05) is 13.1 Å². The molecule has 3 rings (SSSR count). The van der Waals surface area contributed by atoms with E-state index in [1.165, 1.54) is 22.0 Å². The second-order valence-corrected chi connectivity index (χ2v) is 7.53. The lowest BCUT2D eigenvalue weighted by Crippen LogP contribution is -2.40. The van der Waals surface area contributed by atoms with Gasteiger partial charge in [0.1, 0.15) is 6.54 Å². The lowest BCUT2D eigenvalue weighted by Gasteiger charge is -2.32. The molecule has 1 aromatic heterocycles. The Labute approximate surface area is 159 Å². The Bertz CT molecular complexity index is 790. The largest absolute Gasteiger partial charge is 0.476 e. The summed E-state index contributed by atoms with van der Waals surface area (Å²) in [7, 11) is 0. The number of carbonyl (C=O) groups is 2. The molecule has 0 unspecified atom stereocenters. The summed E-state index contributed by atoms with van der Waals surface area (Å²) in [6.07, 6.45) is 4.30. The zero-order valence-electron chi connectivity index (χ0n) is 15.8. The second-order valence-electron chi connectivity index (χ2n) is 7.53. The summed E-state index contributed by atoms with van der Waals surface area (Å²) < 4.78 is 1.29.